The molecule has 2 unspecified atom stereocenters. The molecule has 0 aromatic heterocycles. The van der Waals surface area contributed by atoms with Crippen LogP contribution in [0.5, 0.6) is 0 Å². The van der Waals surface area contributed by atoms with Crippen molar-refractivity contribution in [3.05, 3.63) is 35.1 Å². The lowest BCUT2D eigenvalue weighted by molar-refractivity contribution is 0.0602. The first-order valence-electron chi connectivity index (χ1n) is 6.79. The first-order valence-corrected chi connectivity index (χ1v) is 7.70. The average molecular weight is 326 g/mol. The van der Waals surface area contributed by atoms with E-state index in [9.17, 15) is 9.18 Å². The minimum Gasteiger partial charge on any atom is -0.333 e. The number of carbonyl (C=O) groups is 1. The van der Waals surface area contributed by atoms with E-state index < -0.39 is 0 Å². The summed E-state index contributed by atoms with van der Waals surface area (Å²) < 4.78 is 13.1. The number of alkyl halides is 1. The van der Waals surface area contributed by atoms with Gasteiger partial charge in [0, 0.05) is 22.5 Å². The predicted molar refractivity (Wildman–Crippen MR) is 76.1 cm³/mol. The molecule has 1 aromatic carbocycles. The van der Waals surface area contributed by atoms with E-state index in [0.29, 0.717) is 22.5 Å². The van der Waals surface area contributed by atoms with E-state index in [2.05, 4.69) is 15.9 Å². The molecule has 0 radical (unpaired) electrons. The topological polar surface area (TPSA) is 20.3 Å². The lowest BCUT2D eigenvalue weighted by Crippen LogP contribution is -2.47. The highest BCUT2D eigenvalue weighted by Gasteiger charge is 2.42. The number of piperidine rings is 1. The molecule has 0 N–H and O–H groups in total. The molecule has 0 saturated carbocycles. The van der Waals surface area contributed by atoms with E-state index >= 15 is 0 Å². The van der Waals surface area contributed by atoms with Gasteiger partial charge in [-0.1, -0.05) is 15.9 Å². The third-order valence-electron chi connectivity index (χ3n) is 4.33. The lowest BCUT2D eigenvalue weighted by Gasteiger charge is -2.37. The Bertz CT molecular complexity index is 505. The number of carbonyl (C=O) groups excluding carboxylic acids is 1. The third-order valence-corrected chi connectivity index (χ3v) is 5.08. The number of benzene rings is 1. The van der Waals surface area contributed by atoms with Crippen molar-refractivity contribution in [1.29, 1.82) is 0 Å². The van der Waals surface area contributed by atoms with Crippen LogP contribution in [0.1, 0.15) is 41.6 Å². The van der Waals surface area contributed by atoms with Crippen molar-refractivity contribution >= 4 is 21.8 Å². The van der Waals surface area contributed by atoms with Crippen molar-refractivity contribution in [3.63, 3.8) is 0 Å². The van der Waals surface area contributed by atoms with E-state index in [1.165, 1.54) is 12.1 Å². The Morgan fingerprint density at radius 3 is 2.53 bits per heavy atom. The molecule has 19 heavy (non-hydrogen) atoms. The van der Waals surface area contributed by atoms with Gasteiger partial charge in [-0.3, -0.25) is 4.79 Å². The van der Waals surface area contributed by atoms with E-state index in [1.54, 1.807) is 13.0 Å². The number of aryl methyl sites for hydroxylation is 1. The summed E-state index contributed by atoms with van der Waals surface area (Å²) >= 11 is 3.68. The van der Waals surface area contributed by atoms with Crippen LogP contribution in [-0.4, -0.2) is 27.7 Å². The SMILES string of the molecule is Cc1cc(F)ccc1C(=O)N1C2CCC1CC(Br)C2. The van der Waals surface area contributed by atoms with E-state index in [4.69, 9.17) is 0 Å². The molecule has 2 saturated heterocycles. The van der Waals surface area contributed by atoms with Crippen LogP contribution in [0.4, 0.5) is 4.39 Å². The van der Waals surface area contributed by atoms with Crippen molar-refractivity contribution in [1.82, 2.24) is 4.90 Å². The number of halogens is 2. The number of hydrogen-bond donors (Lipinski definition) is 0. The second-order valence-electron chi connectivity index (χ2n) is 5.63. The number of amides is 1. The van der Waals surface area contributed by atoms with Crippen molar-refractivity contribution < 1.29 is 9.18 Å². The van der Waals surface area contributed by atoms with Gasteiger partial charge in [-0.05, 0) is 56.4 Å². The van der Waals surface area contributed by atoms with Gasteiger partial charge in [0.05, 0.1) is 0 Å². The largest absolute Gasteiger partial charge is 0.333 e. The zero-order chi connectivity index (χ0) is 13.6. The van der Waals surface area contributed by atoms with E-state index in [0.717, 1.165) is 31.2 Å². The summed E-state index contributed by atoms with van der Waals surface area (Å²) in [6.07, 6.45) is 4.25. The molecule has 3 rings (SSSR count). The molecule has 4 heteroatoms. The van der Waals surface area contributed by atoms with Crippen LogP contribution < -0.4 is 0 Å². The second-order valence-corrected chi connectivity index (χ2v) is 6.92. The first-order chi connectivity index (χ1) is 9.06. The zero-order valence-corrected chi connectivity index (χ0v) is 12.5. The zero-order valence-electron chi connectivity index (χ0n) is 10.9. The smallest absolute Gasteiger partial charge is 0.254 e. The standard InChI is InChI=1S/C15H17BrFNO/c1-9-6-11(17)2-5-14(9)15(19)18-12-3-4-13(18)8-10(16)7-12/h2,5-6,10,12-13H,3-4,7-8H2,1H3. The van der Waals surface area contributed by atoms with Crippen molar-refractivity contribution in [2.75, 3.05) is 0 Å². The first kappa shape index (κ1) is 13.1. The summed E-state index contributed by atoms with van der Waals surface area (Å²) in [6, 6.07) is 5.12. The van der Waals surface area contributed by atoms with Gasteiger partial charge in [0.25, 0.3) is 5.91 Å². The molecule has 2 atom stereocenters. The quantitative estimate of drug-likeness (QED) is 0.721. The Morgan fingerprint density at radius 2 is 1.95 bits per heavy atom. The molecule has 1 amide bonds. The number of rotatable bonds is 1. The van der Waals surface area contributed by atoms with Crippen LogP contribution >= 0.6 is 15.9 Å². The Balaban J connectivity index is 1.88. The van der Waals surface area contributed by atoms with Crippen LogP contribution in [-0.2, 0) is 0 Å². The molecule has 0 spiro atoms. The summed E-state index contributed by atoms with van der Waals surface area (Å²) in [7, 11) is 0. The van der Waals surface area contributed by atoms with Crippen molar-refractivity contribution in [2.45, 2.75) is 49.5 Å². The van der Waals surface area contributed by atoms with Crippen LogP contribution in [0.3, 0.4) is 0 Å². The van der Waals surface area contributed by atoms with E-state index in [-0.39, 0.29) is 11.7 Å². The highest BCUT2D eigenvalue weighted by molar-refractivity contribution is 9.09. The Labute approximate surface area is 121 Å². The fourth-order valence-electron chi connectivity index (χ4n) is 3.45. The molecule has 2 nitrogen and oxygen atoms in total. The molecule has 2 aliphatic rings. The normalized spacial score (nSPS) is 29.6. The van der Waals surface area contributed by atoms with Gasteiger partial charge < -0.3 is 4.90 Å². The summed E-state index contributed by atoms with van der Waals surface area (Å²) in [6.45, 7) is 1.80. The lowest BCUT2D eigenvalue weighted by atomic mass is 10.00. The fraction of sp³-hybridized carbons (Fsp3) is 0.533. The summed E-state index contributed by atoms with van der Waals surface area (Å²) in [4.78, 5) is 15.3. The number of fused-ring (bicyclic) bond motifs is 2. The molecular weight excluding hydrogens is 309 g/mol. The molecule has 102 valence electrons. The van der Waals surface area contributed by atoms with Gasteiger partial charge >= 0.3 is 0 Å². The maximum Gasteiger partial charge on any atom is 0.254 e. The molecule has 2 bridgehead atoms. The summed E-state index contributed by atoms with van der Waals surface area (Å²) in [5.74, 6) is -0.208. The van der Waals surface area contributed by atoms with E-state index in [1.807, 2.05) is 4.90 Å². The molecule has 1 aromatic rings. The number of nitrogens with zero attached hydrogens (tertiary/aromatic N) is 1. The average Bonchev–Trinajstić information content (AvgIpc) is 2.61. The Kier molecular flexibility index (Phi) is 3.37. The molecular formula is C15H17BrFNO. The maximum atomic E-state index is 13.1. The third kappa shape index (κ3) is 2.31. The van der Waals surface area contributed by atoms with Crippen LogP contribution in [0.25, 0.3) is 0 Å². The highest BCUT2D eigenvalue weighted by Crippen LogP contribution is 2.39. The predicted octanol–water partition coefficient (Wildman–Crippen LogP) is 3.66. The van der Waals surface area contributed by atoms with Crippen LogP contribution in [0, 0.1) is 12.7 Å². The minimum atomic E-state index is -0.281. The minimum absolute atomic E-state index is 0.0735. The van der Waals surface area contributed by atoms with Gasteiger partial charge in [0.15, 0.2) is 0 Å². The van der Waals surface area contributed by atoms with Gasteiger partial charge in [-0.25, -0.2) is 4.39 Å². The maximum absolute atomic E-state index is 13.1. The highest BCUT2D eigenvalue weighted by atomic mass is 79.9. The second kappa shape index (κ2) is 4.89. The van der Waals surface area contributed by atoms with Gasteiger partial charge in [0.2, 0.25) is 0 Å². The Hall–Kier alpha value is -0.900. The molecule has 2 aliphatic heterocycles. The van der Waals surface area contributed by atoms with Gasteiger partial charge in [-0.2, -0.15) is 0 Å². The summed E-state index contributed by atoms with van der Waals surface area (Å²) in [5, 5.41) is 0. The number of hydrogen-bond acceptors (Lipinski definition) is 1. The Morgan fingerprint density at radius 1 is 1.32 bits per heavy atom. The van der Waals surface area contributed by atoms with Gasteiger partial charge in [-0.15, -0.1) is 0 Å². The van der Waals surface area contributed by atoms with Gasteiger partial charge in [0.1, 0.15) is 5.82 Å². The summed E-state index contributed by atoms with van der Waals surface area (Å²) in [5.41, 5.74) is 1.37. The molecule has 2 fully saturated rings. The van der Waals surface area contributed by atoms with Crippen molar-refractivity contribution in [3.8, 4) is 0 Å². The van der Waals surface area contributed by atoms with Crippen LogP contribution in [0.2, 0.25) is 0 Å². The monoisotopic (exact) mass is 325 g/mol. The van der Waals surface area contributed by atoms with Crippen LogP contribution in [0.15, 0.2) is 18.2 Å². The molecule has 2 heterocycles. The molecule has 0 aliphatic carbocycles. The van der Waals surface area contributed by atoms with Crippen molar-refractivity contribution in [2.24, 2.45) is 0 Å². The fourth-order valence-corrected chi connectivity index (χ4v) is 4.31.